The first-order valence-corrected chi connectivity index (χ1v) is 11.9. The Morgan fingerprint density at radius 1 is 0.971 bits per heavy atom. The van der Waals surface area contributed by atoms with Gasteiger partial charge in [-0.1, -0.05) is 66.7 Å². The number of carbonyl (C=O) groups excluding carboxylic acids is 3. The molecule has 0 saturated carbocycles. The fraction of sp³-hybridized carbons (Fsp3) is 0.250. The Kier molecular flexibility index (Phi) is 5.06. The summed E-state index contributed by atoms with van der Waals surface area (Å²) in [5.41, 5.74) is 2.34. The summed E-state index contributed by atoms with van der Waals surface area (Å²) in [7, 11) is 0. The van der Waals surface area contributed by atoms with E-state index in [4.69, 9.17) is 4.74 Å². The minimum absolute atomic E-state index is 0.282. The Balaban J connectivity index is 1.33. The molecule has 3 aromatic carbocycles. The number of benzene rings is 3. The highest BCUT2D eigenvalue weighted by Gasteiger charge is 2.54. The monoisotopic (exact) mass is 467 g/mol. The zero-order valence-corrected chi connectivity index (χ0v) is 19.1. The van der Waals surface area contributed by atoms with Gasteiger partial charge < -0.3 is 10.1 Å². The Bertz CT molecular complexity index is 1320. The molecule has 0 aromatic heterocycles. The van der Waals surface area contributed by atoms with Crippen molar-refractivity contribution < 1.29 is 19.1 Å². The van der Waals surface area contributed by atoms with Crippen LogP contribution in [0.1, 0.15) is 35.6 Å². The first-order valence-electron chi connectivity index (χ1n) is 11.9. The van der Waals surface area contributed by atoms with Crippen LogP contribution in [0.15, 0.2) is 78.9 Å². The molecule has 3 aliphatic rings. The molecule has 1 saturated heterocycles. The third-order valence-corrected chi connectivity index (χ3v) is 7.23. The molecule has 1 spiro atoms. The van der Waals surface area contributed by atoms with E-state index in [1.54, 1.807) is 4.90 Å². The maximum absolute atomic E-state index is 13.8. The molecule has 4 amide bonds. The van der Waals surface area contributed by atoms with Crippen molar-refractivity contribution in [3.63, 3.8) is 0 Å². The predicted octanol–water partition coefficient (Wildman–Crippen LogP) is 3.94. The molecule has 2 heterocycles. The van der Waals surface area contributed by atoms with Crippen molar-refractivity contribution in [3.8, 4) is 5.75 Å². The average Bonchev–Trinajstić information content (AvgIpc) is 3.13. The summed E-state index contributed by atoms with van der Waals surface area (Å²) in [6, 6.07) is 23.8. The number of ether oxygens (including phenoxy) is 1. The standard InChI is InChI=1S/C28H25N3O4/c32-25(31-22-14-6-7-15-24(22)35-18-23(31)20-10-2-1-3-11-20)17-30-26(33)28(29-27(30)34)16-8-12-19-9-4-5-13-21(19)28/h1-7,9-11,13-15,23H,8,12,16-18H2,(H,29,34)/t23-,28+/m0/s1. The van der Waals surface area contributed by atoms with Crippen molar-refractivity contribution >= 4 is 23.5 Å². The lowest BCUT2D eigenvalue weighted by Gasteiger charge is -2.38. The van der Waals surface area contributed by atoms with Crippen molar-refractivity contribution in [3.05, 3.63) is 95.6 Å². The third kappa shape index (κ3) is 3.38. The maximum atomic E-state index is 13.8. The van der Waals surface area contributed by atoms with Crippen LogP contribution in [0.3, 0.4) is 0 Å². The van der Waals surface area contributed by atoms with E-state index in [1.807, 2.05) is 78.9 Å². The van der Waals surface area contributed by atoms with Gasteiger partial charge in [-0.3, -0.25) is 19.4 Å². The number of anilines is 1. The molecule has 0 radical (unpaired) electrons. The van der Waals surface area contributed by atoms with Crippen molar-refractivity contribution in [1.29, 1.82) is 0 Å². The van der Waals surface area contributed by atoms with Gasteiger partial charge in [0.2, 0.25) is 5.91 Å². The van der Waals surface area contributed by atoms with Gasteiger partial charge in [0.05, 0.1) is 11.7 Å². The number of para-hydroxylation sites is 2. The van der Waals surface area contributed by atoms with E-state index in [9.17, 15) is 14.4 Å². The molecular weight excluding hydrogens is 442 g/mol. The van der Waals surface area contributed by atoms with Gasteiger partial charge in [-0.2, -0.15) is 0 Å². The summed E-state index contributed by atoms with van der Waals surface area (Å²) in [5.74, 6) is -0.0945. The van der Waals surface area contributed by atoms with Gasteiger partial charge in [0, 0.05) is 0 Å². The third-order valence-electron chi connectivity index (χ3n) is 7.23. The topological polar surface area (TPSA) is 79.0 Å². The Morgan fingerprint density at radius 3 is 2.57 bits per heavy atom. The minimum atomic E-state index is -1.10. The maximum Gasteiger partial charge on any atom is 0.325 e. The average molecular weight is 468 g/mol. The molecule has 2 atom stereocenters. The van der Waals surface area contributed by atoms with Gasteiger partial charge in [0.25, 0.3) is 5.91 Å². The van der Waals surface area contributed by atoms with E-state index < -0.39 is 11.6 Å². The van der Waals surface area contributed by atoms with Crippen molar-refractivity contribution in [1.82, 2.24) is 10.2 Å². The second kappa shape index (κ2) is 8.27. The van der Waals surface area contributed by atoms with Gasteiger partial charge in [-0.25, -0.2) is 4.79 Å². The van der Waals surface area contributed by atoms with Crippen LogP contribution >= 0.6 is 0 Å². The van der Waals surface area contributed by atoms with Crippen LogP contribution in [0.5, 0.6) is 5.75 Å². The zero-order chi connectivity index (χ0) is 24.0. The van der Waals surface area contributed by atoms with Crippen LogP contribution in [-0.4, -0.2) is 35.9 Å². The molecule has 7 heteroatoms. The first kappa shape index (κ1) is 21.4. The Labute approximate surface area is 203 Å². The molecule has 1 N–H and O–H groups in total. The summed E-state index contributed by atoms with van der Waals surface area (Å²) in [5, 5.41) is 2.94. The molecule has 35 heavy (non-hydrogen) atoms. The van der Waals surface area contributed by atoms with Crippen molar-refractivity contribution in [2.24, 2.45) is 0 Å². The van der Waals surface area contributed by atoms with Gasteiger partial charge >= 0.3 is 6.03 Å². The molecule has 1 fully saturated rings. The lowest BCUT2D eigenvalue weighted by molar-refractivity contribution is -0.135. The van der Waals surface area contributed by atoms with Gasteiger partial charge in [0.1, 0.15) is 24.4 Å². The molecular formula is C28H25N3O4. The lowest BCUT2D eigenvalue weighted by atomic mass is 9.76. The molecule has 2 aliphatic heterocycles. The number of hydrogen-bond acceptors (Lipinski definition) is 4. The summed E-state index contributed by atoms with van der Waals surface area (Å²) in [6.07, 6.45) is 2.17. The van der Waals surface area contributed by atoms with Crippen molar-refractivity contribution in [2.45, 2.75) is 30.8 Å². The predicted molar refractivity (Wildman–Crippen MR) is 130 cm³/mol. The number of hydrogen-bond donors (Lipinski definition) is 1. The van der Waals surface area contributed by atoms with Crippen molar-refractivity contribution in [2.75, 3.05) is 18.1 Å². The summed E-state index contributed by atoms with van der Waals surface area (Å²) in [6.45, 7) is -0.0591. The summed E-state index contributed by atoms with van der Waals surface area (Å²) >= 11 is 0. The number of nitrogens with one attached hydrogen (secondary N) is 1. The summed E-state index contributed by atoms with van der Waals surface area (Å²) < 4.78 is 5.96. The highest BCUT2D eigenvalue weighted by molar-refractivity contribution is 6.11. The van der Waals surface area contributed by atoms with Gasteiger partial charge in [-0.15, -0.1) is 0 Å². The summed E-state index contributed by atoms with van der Waals surface area (Å²) in [4.78, 5) is 43.3. The second-order valence-electron chi connectivity index (χ2n) is 9.21. The van der Waals surface area contributed by atoms with E-state index in [-0.39, 0.29) is 31.0 Å². The fourth-order valence-electron chi connectivity index (χ4n) is 5.58. The number of imide groups is 1. The van der Waals surface area contributed by atoms with E-state index in [0.29, 0.717) is 17.9 Å². The van der Waals surface area contributed by atoms with E-state index >= 15 is 0 Å². The Hall–Kier alpha value is -4.13. The molecule has 6 rings (SSSR count). The molecule has 7 nitrogen and oxygen atoms in total. The van der Waals surface area contributed by atoms with Crippen LogP contribution in [0.25, 0.3) is 0 Å². The number of rotatable bonds is 3. The minimum Gasteiger partial charge on any atom is -0.489 e. The van der Waals surface area contributed by atoms with Gasteiger partial charge in [-0.05, 0) is 48.1 Å². The number of nitrogens with zero attached hydrogens (tertiary/aromatic N) is 2. The quantitative estimate of drug-likeness (QED) is 0.592. The number of amides is 4. The molecule has 0 bridgehead atoms. The first-order chi connectivity index (χ1) is 17.1. The van der Waals surface area contributed by atoms with E-state index in [1.165, 1.54) is 0 Å². The highest BCUT2D eigenvalue weighted by Crippen LogP contribution is 2.42. The van der Waals surface area contributed by atoms with Crippen LogP contribution in [0.2, 0.25) is 0 Å². The number of urea groups is 1. The number of fused-ring (bicyclic) bond motifs is 3. The SMILES string of the molecule is O=C1N[C@@]2(CCCc3ccccc32)C(=O)N1CC(=O)N1c2ccccc2OC[C@H]1c1ccccc1. The zero-order valence-electron chi connectivity index (χ0n) is 19.1. The molecule has 0 unspecified atom stereocenters. The second-order valence-corrected chi connectivity index (χ2v) is 9.21. The van der Waals surface area contributed by atoms with Crippen LogP contribution < -0.4 is 15.0 Å². The van der Waals surface area contributed by atoms with E-state index in [0.717, 1.165) is 34.4 Å². The normalized spacial score (nSPS) is 22.9. The lowest BCUT2D eigenvalue weighted by Crippen LogP contribution is -2.49. The van der Waals surface area contributed by atoms with Crippen LogP contribution in [0, 0.1) is 0 Å². The number of aryl methyl sites for hydroxylation is 1. The van der Waals surface area contributed by atoms with E-state index in [2.05, 4.69) is 5.32 Å². The molecule has 176 valence electrons. The largest absolute Gasteiger partial charge is 0.489 e. The smallest absolute Gasteiger partial charge is 0.325 e. The number of carbonyl (C=O) groups is 3. The highest BCUT2D eigenvalue weighted by atomic mass is 16.5. The Morgan fingerprint density at radius 2 is 1.71 bits per heavy atom. The molecule has 3 aromatic rings. The molecule has 1 aliphatic carbocycles. The fourth-order valence-corrected chi connectivity index (χ4v) is 5.58. The van der Waals surface area contributed by atoms with Gasteiger partial charge in [0.15, 0.2) is 0 Å². The van der Waals surface area contributed by atoms with Crippen LogP contribution in [-0.2, 0) is 21.5 Å². The van der Waals surface area contributed by atoms with Crippen LogP contribution in [0.4, 0.5) is 10.5 Å².